The van der Waals surface area contributed by atoms with Crippen molar-refractivity contribution in [3.63, 3.8) is 0 Å². The van der Waals surface area contributed by atoms with Crippen molar-refractivity contribution in [1.29, 1.82) is 0 Å². The number of carbonyl (C=O) groups excluding carboxylic acids is 1. The van der Waals surface area contributed by atoms with Gasteiger partial charge >= 0.3 is 5.97 Å². The quantitative estimate of drug-likeness (QED) is 0.162. The van der Waals surface area contributed by atoms with Crippen LogP contribution in [0.5, 0.6) is 0 Å². The minimum atomic E-state index is -0.531. The van der Waals surface area contributed by atoms with Gasteiger partial charge in [0.25, 0.3) is 11.6 Å². The van der Waals surface area contributed by atoms with Crippen LogP contribution in [0.25, 0.3) is 11.5 Å². The summed E-state index contributed by atoms with van der Waals surface area (Å²) in [6.45, 7) is 1.63. The SMILES string of the molecule is Cc1cc(CSc2ccccc2C(=O)OCc2nnc(-c3ccc([N+](=O)[O-])cc3)o2)on1. The van der Waals surface area contributed by atoms with Gasteiger partial charge in [-0.1, -0.05) is 17.3 Å². The topological polar surface area (TPSA) is 134 Å². The molecular formula is C21H16N4O6S. The van der Waals surface area contributed by atoms with Gasteiger partial charge in [0.15, 0.2) is 6.61 Å². The summed E-state index contributed by atoms with van der Waals surface area (Å²) in [5.74, 6) is 0.975. The van der Waals surface area contributed by atoms with Gasteiger partial charge in [0.05, 0.1) is 21.9 Å². The molecule has 0 aliphatic carbocycles. The summed E-state index contributed by atoms with van der Waals surface area (Å²) < 4.78 is 16.0. The lowest BCUT2D eigenvalue weighted by Crippen LogP contribution is -2.07. The van der Waals surface area contributed by atoms with Gasteiger partial charge in [0.2, 0.25) is 5.89 Å². The maximum absolute atomic E-state index is 12.6. The number of aryl methyl sites for hydroxylation is 1. The van der Waals surface area contributed by atoms with E-state index in [0.717, 1.165) is 10.6 Å². The number of nitro benzene ring substituents is 1. The van der Waals surface area contributed by atoms with E-state index >= 15 is 0 Å². The molecule has 10 nitrogen and oxygen atoms in total. The van der Waals surface area contributed by atoms with E-state index < -0.39 is 10.9 Å². The molecule has 32 heavy (non-hydrogen) atoms. The van der Waals surface area contributed by atoms with Gasteiger partial charge in [-0.05, 0) is 31.2 Å². The lowest BCUT2D eigenvalue weighted by Gasteiger charge is -2.07. The molecule has 2 aromatic carbocycles. The number of rotatable bonds is 8. The number of hydrogen-bond acceptors (Lipinski definition) is 10. The standard InChI is InChI=1S/C21H16N4O6S/c1-13-10-16(31-24-13)12-32-18-5-3-2-4-17(18)21(26)29-11-19-22-23-20(30-19)14-6-8-15(9-7-14)25(27)28/h2-10H,11-12H2,1H3. The van der Waals surface area contributed by atoms with E-state index in [9.17, 15) is 14.9 Å². The van der Waals surface area contributed by atoms with Crippen molar-refractivity contribution in [2.45, 2.75) is 24.2 Å². The first-order chi connectivity index (χ1) is 15.5. The Bertz CT molecular complexity index is 1250. The van der Waals surface area contributed by atoms with Gasteiger partial charge in [-0.3, -0.25) is 10.1 Å². The third-order valence-corrected chi connectivity index (χ3v) is 5.37. The van der Waals surface area contributed by atoms with E-state index in [2.05, 4.69) is 15.4 Å². The zero-order valence-corrected chi connectivity index (χ0v) is 17.6. The van der Waals surface area contributed by atoms with Crippen LogP contribution in [-0.4, -0.2) is 26.2 Å². The van der Waals surface area contributed by atoms with Crippen molar-refractivity contribution in [3.8, 4) is 11.5 Å². The summed E-state index contributed by atoms with van der Waals surface area (Å²) in [7, 11) is 0. The normalized spacial score (nSPS) is 10.8. The fraction of sp³-hybridized carbons (Fsp3) is 0.143. The van der Waals surface area contributed by atoms with Gasteiger partial charge in [0.1, 0.15) is 5.76 Å². The first-order valence-electron chi connectivity index (χ1n) is 9.38. The van der Waals surface area contributed by atoms with Crippen molar-refractivity contribution in [2.75, 3.05) is 0 Å². The van der Waals surface area contributed by atoms with Crippen LogP contribution in [0.15, 0.2) is 68.4 Å². The van der Waals surface area contributed by atoms with Gasteiger partial charge in [-0.2, -0.15) is 0 Å². The number of non-ortho nitro benzene ring substituents is 1. The average molecular weight is 452 g/mol. The monoisotopic (exact) mass is 452 g/mol. The molecule has 0 N–H and O–H groups in total. The fourth-order valence-electron chi connectivity index (χ4n) is 2.75. The number of nitrogens with zero attached hydrogens (tertiary/aromatic N) is 4. The van der Waals surface area contributed by atoms with E-state index in [4.69, 9.17) is 13.7 Å². The molecule has 0 saturated carbocycles. The lowest BCUT2D eigenvalue weighted by atomic mass is 10.2. The molecule has 0 bridgehead atoms. The van der Waals surface area contributed by atoms with Crippen molar-refractivity contribution in [1.82, 2.24) is 15.4 Å². The molecule has 0 fully saturated rings. The zero-order chi connectivity index (χ0) is 22.5. The predicted octanol–water partition coefficient (Wildman–Crippen LogP) is 4.59. The molecule has 0 atom stereocenters. The second-order valence-electron chi connectivity index (χ2n) is 6.60. The summed E-state index contributed by atoms with van der Waals surface area (Å²) in [5.41, 5.74) is 1.67. The van der Waals surface area contributed by atoms with Crippen molar-refractivity contribution in [3.05, 3.63) is 87.6 Å². The average Bonchev–Trinajstić information content (AvgIpc) is 3.45. The van der Waals surface area contributed by atoms with Crippen LogP contribution in [0.3, 0.4) is 0 Å². The summed E-state index contributed by atoms with van der Waals surface area (Å²) in [4.78, 5) is 23.6. The zero-order valence-electron chi connectivity index (χ0n) is 16.8. The Balaban J connectivity index is 1.38. The molecule has 0 aliphatic rings. The molecule has 0 radical (unpaired) electrons. The van der Waals surface area contributed by atoms with Gasteiger partial charge in [0, 0.05) is 28.7 Å². The van der Waals surface area contributed by atoms with E-state index in [-0.39, 0.29) is 24.1 Å². The lowest BCUT2D eigenvalue weighted by molar-refractivity contribution is -0.384. The Morgan fingerprint density at radius 1 is 1.16 bits per heavy atom. The highest BCUT2D eigenvalue weighted by atomic mass is 32.2. The highest BCUT2D eigenvalue weighted by molar-refractivity contribution is 7.98. The minimum Gasteiger partial charge on any atom is -0.452 e. The fourth-order valence-corrected chi connectivity index (χ4v) is 3.67. The molecule has 0 aliphatic heterocycles. The van der Waals surface area contributed by atoms with Crippen LogP contribution < -0.4 is 0 Å². The molecule has 11 heteroatoms. The van der Waals surface area contributed by atoms with Crippen LogP contribution in [0, 0.1) is 17.0 Å². The maximum Gasteiger partial charge on any atom is 0.339 e. The molecule has 2 aromatic heterocycles. The van der Waals surface area contributed by atoms with Crippen molar-refractivity contribution in [2.24, 2.45) is 0 Å². The number of aromatic nitrogens is 3. The van der Waals surface area contributed by atoms with Crippen LogP contribution >= 0.6 is 11.8 Å². The van der Waals surface area contributed by atoms with E-state index in [1.54, 1.807) is 12.1 Å². The number of nitro groups is 1. The number of ether oxygens (including phenoxy) is 1. The van der Waals surface area contributed by atoms with Crippen LogP contribution in [0.1, 0.15) is 27.7 Å². The summed E-state index contributed by atoms with van der Waals surface area (Å²) in [5, 5.41) is 22.4. The second-order valence-corrected chi connectivity index (χ2v) is 7.62. The molecule has 4 rings (SSSR count). The number of carbonyl (C=O) groups is 1. The Hall–Kier alpha value is -3.99. The molecule has 0 spiro atoms. The van der Waals surface area contributed by atoms with E-state index in [1.807, 2.05) is 25.1 Å². The summed E-state index contributed by atoms with van der Waals surface area (Å²) >= 11 is 1.43. The number of esters is 1. The molecule has 162 valence electrons. The number of thioether (sulfide) groups is 1. The van der Waals surface area contributed by atoms with Crippen molar-refractivity contribution < 1.29 is 23.4 Å². The summed E-state index contributed by atoms with van der Waals surface area (Å²) in [6, 6.07) is 14.6. The van der Waals surface area contributed by atoms with E-state index in [0.29, 0.717) is 22.6 Å². The second kappa shape index (κ2) is 9.43. The van der Waals surface area contributed by atoms with E-state index in [1.165, 1.54) is 36.0 Å². The van der Waals surface area contributed by atoms with Gasteiger partial charge < -0.3 is 13.7 Å². The number of hydrogen-bond donors (Lipinski definition) is 0. The third kappa shape index (κ3) is 5.01. The molecule has 0 saturated heterocycles. The largest absolute Gasteiger partial charge is 0.452 e. The highest BCUT2D eigenvalue weighted by Crippen LogP contribution is 2.27. The highest BCUT2D eigenvalue weighted by Gasteiger charge is 2.16. The Morgan fingerprint density at radius 2 is 1.94 bits per heavy atom. The Morgan fingerprint density at radius 3 is 2.66 bits per heavy atom. The first-order valence-corrected chi connectivity index (χ1v) is 10.4. The van der Waals surface area contributed by atoms with Gasteiger partial charge in [-0.15, -0.1) is 22.0 Å². The third-order valence-electron chi connectivity index (χ3n) is 4.27. The first kappa shape index (κ1) is 21.2. The Labute approximate surface area is 185 Å². The van der Waals surface area contributed by atoms with Crippen LogP contribution in [-0.2, 0) is 17.1 Å². The molecule has 0 amide bonds. The molecular weight excluding hydrogens is 436 g/mol. The summed E-state index contributed by atoms with van der Waals surface area (Å²) in [6.07, 6.45) is 0. The van der Waals surface area contributed by atoms with Crippen molar-refractivity contribution >= 4 is 23.4 Å². The molecule has 2 heterocycles. The number of benzene rings is 2. The van der Waals surface area contributed by atoms with Crippen LogP contribution in [0.2, 0.25) is 0 Å². The Kier molecular flexibility index (Phi) is 6.26. The molecule has 4 aromatic rings. The molecule has 0 unspecified atom stereocenters. The smallest absolute Gasteiger partial charge is 0.339 e. The predicted molar refractivity (Wildman–Crippen MR) is 113 cm³/mol. The minimum absolute atomic E-state index is 0.0441. The van der Waals surface area contributed by atoms with Gasteiger partial charge in [-0.25, -0.2) is 4.79 Å². The van der Waals surface area contributed by atoms with Crippen LogP contribution in [0.4, 0.5) is 5.69 Å². The maximum atomic E-state index is 12.6.